The molecule has 0 radical (unpaired) electrons. The minimum Gasteiger partial charge on any atom is -0.377 e. The molecule has 2 aliphatic heterocycles. The van der Waals surface area contributed by atoms with Crippen LogP contribution < -0.4 is 4.90 Å². The van der Waals surface area contributed by atoms with Crippen LogP contribution in [-0.4, -0.2) is 53.7 Å². The van der Waals surface area contributed by atoms with Crippen LogP contribution in [-0.2, 0) is 9.47 Å². The molecule has 1 aromatic heterocycles. The highest BCUT2D eigenvalue weighted by molar-refractivity contribution is 7.98. The summed E-state index contributed by atoms with van der Waals surface area (Å²) in [5, 5.41) is 10.8. The highest BCUT2D eigenvalue weighted by atomic mass is 32.2. The van der Waals surface area contributed by atoms with Crippen molar-refractivity contribution in [3.63, 3.8) is 0 Å². The van der Waals surface area contributed by atoms with Gasteiger partial charge in [-0.3, -0.25) is 0 Å². The summed E-state index contributed by atoms with van der Waals surface area (Å²) >= 11 is 1.48. The molecule has 1 fully saturated rings. The first-order chi connectivity index (χ1) is 8.78. The van der Waals surface area contributed by atoms with Crippen molar-refractivity contribution in [3.05, 3.63) is 11.8 Å². The molecule has 2 bridgehead atoms. The molecule has 1 N–H and O–H groups in total. The lowest BCUT2D eigenvalue weighted by Crippen LogP contribution is -2.33. The Morgan fingerprint density at radius 2 is 2.44 bits per heavy atom. The summed E-state index contributed by atoms with van der Waals surface area (Å²) < 4.78 is 11.0. The van der Waals surface area contributed by atoms with Crippen molar-refractivity contribution in [1.82, 2.24) is 9.97 Å². The van der Waals surface area contributed by atoms with Gasteiger partial charge in [0.05, 0.1) is 18.8 Å². The molecule has 0 aliphatic carbocycles. The fraction of sp³-hybridized carbons (Fsp3) is 0.636. The standard InChI is InChI=1S/C11H15N3O3S/c1-18-11-12-4-8-9(13-11)14-2-3-16-6-7(5-14)17-10(8)15/h4,7,10,15H,2-3,5-6H2,1H3. The molecule has 1 saturated heterocycles. The van der Waals surface area contributed by atoms with E-state index in [1.807, 2.05) is 6.26 Å². The van der Waals surface area contributed by atoms with Gasteiger partial charge >= 0.3 is 0 Å². The predicted octanol–water partition coefficient (Wildman–Crippen LogP) is 0.425. The van der Waals surface area contributed by atoms with Gasteiger partial charge in [0, 0.05) is 19.3 Å². The van der Waals surface area contributed by atoms with Crippen LogP contribution in [0.5, 0.6) is 0 Å². The van der Waals surface area contributed by atoms with Crippen molar-refractivity contribution in [1.29, 1.82) is 0 Å². The van der Waals surface area contributed by atoms with Crippen LogP contribution in [0.2, 0.25) is 0 Å². The molecule has 2 atom stereocenters. The Morgan fingerprint density at radius 3 is 3.28 bits per heavy atom. The van der Waals surface area contributed by atoms with Crippen LogP contribution in [0.3, 0.4) is 0 Å². The molecule has 18 heavy (non-hydrogen) atoms. The molecular formula is C11H15N3O3S. The molecule has 3 heterocycles. The van der Waals surface area contributed by atoms with Crippen molar-refractivity contribution in [2.75, 3.05) is 37.5 Å². The van der Waals surface area contributed by atoms with Crippen LogP contribution in [0.25, 0.3) is 0 Å². The van der Waals surface area contributed by atoms with Crippen LogP contribution in [0, 0.1) is 0 Å². The van der Waals surface area contributed by atoms with Gasteiger partial charge in [-0.05, 0) is 6.26 Å². The molecule has 6 nitrogen and oxygen atoms in total. The van der Waals surface area contributed by atoms with Crippen molar-refractivity contribution in [2.45, 2.75) is 17.6 Å². The number of fused-ring (bicyclic) bond motifs is 4. The molecular weight excluding hydrogens is 254 g/mol. The zero-order valence-electron chi connectivity index (χ0n) is 10.1. The van der Waals surface area contributed by atoms with Gasteiger partial charge in [-0.2, -0.15) is 0 Å². The van der Waals surface area contributed by atoms with Gasteiger partial charge in [0.1, 0.15) is 11.9 Å². The van der Waals surface area contributed by atoms with E-state index in [0.29, 0.717) is 30.5 Å². The summed E-state index contributed by atoms with van der Waals surface area (Å²) in [7, 11) is 0. The first kappa shape index (κ1) is 12.2. The first-order valence-corrected chi connectivity index (χ1v) is 7.07. The van der Waals surface area contributed by atoms with E-state index < -0.39 is 6.29 Å². The zero-order chi connectivity index (χ0) is 12.5. The summed E-state index contributed by atoms with van der Waals surface area (Å²) in [5.74, 6) is 0.759. The van der Waals surface area contributed by atoms with E-state index in [1.54, 1.807) is 6.20 Å². The van der Waals surface area contributed by atoms with Crippen LogP contribution >= 0.6 is 11.8 Å². The number of aromatic nitrogens is 2. The number of aliphatic hydroxyl groups is 1. The molecule has 2 unspecified atom stereocenters. The van der Waals surface area contributed by atoms with Gasteiger partial charge in [-0.25, -0.2) is 9.97 Å². The second-order valence-corrected chi connectivity index (χ2v) is 5.04. The smallest absolute Gasteiger partial charge is 0.189 e. The van der Waals surface area contributed by atoms with Gasteiger partial charge in [-0.15, -0.1) is 0 Å². The van der Waals surface area contributed by atoms with Gasteiger partial charge < -0.3 is 19.5 Å². The number of hydrogen-bond donors (Lipinski definition) is 1. The third-order valence-corrected chi connectivity index (χ3v) is 3.64. The normalized spacial score (nSPS) is 27.3. The second-order valence-electron chi connectivity index (χ2n) is 4.27. The van der Waals surface area contributed by atoms with Gasteiger partial charge in [0.2, 0.25) is 0 Å². The summed E-state index contributed by atoms with van der Waals surface area (Å²) in [5.41, 5.74) is 0.636. The number of ether oxygens (including phenoxy) is 2. The number of nitrogens with zero attached hydrogens (tertiary/aromatic N) is 3. The summed E-state index contributed by atoms with van der Waals surface area (Å²) in [6.07, 6.45) is 2.47. The van der Waals surface area contributed by atoms with Gasteiger partial charge in [0.25, 0.3) is 0 Å². The molecule has 1 aromatic rings. The zero-order valence-corrected chi connectivity index (χ0v) is 10.9. The Labute approximate surface area is 109 Å². The lowest BCUT2D eigenvalue weighted by atomic mass is 10.3. The molecule has 0 spiro atoms. The highest BCUT2D eigenvalue weighted by Crippen LogP contribution is 2.31. The van der Waals surface area contributed by atoms with Crippen molar-refractivity contribution in [2.24, 2.45) is 0 Å². The maximum absolute atomic E-state index is 10.1. The van der Waals surface area contributed by atoms with E-state index in [0.717, 1.165) is 12.4 Å². The lowest BCUT2D eigenvalue weighted by molar-refractivity contribution is -0.147. The maximum Gasteiger partial charge on any atom is 0.189 e. The minimum absolute atomic E-state index is 0.130. The molecule has 0 aromatic carbocycles. The third kappa shape index (κ3) is 2.18. The van der Waals surface area contributed by atoms with Crippen molar-refractivity contribution in [3.8, 4) is 0 Å². The fourth-order valence-corrected chi connectivity index (χ4v) is 2.54. The van der Waals surface area contributed by atoms with E-state index in [2.05, 4.69) is 14.9 Å². The van der Waals surface area contributed by atoms with Crippen LogP contribution in [0.15, 0.2) is 11.4 Å². The molecule has 98 valence electrons. The number of rotatable bonds is 1. The monoisotopic (exact) mass is 269 g/mol. The van der Waals surface area contributed by atoms with E-state index in [4.69, 9.17) is 9.47 Å². The Kier molecular flexibility index (Phi) is 3.38. The predicted molar refractivity (Wildman–Crippen MR) is 66.7 cm³/mol. The Hall–Kier alpha value is -0.890. The van der Waals surface area contributed by atoms with E-state index in [9.17, 15) is 5.11 Å². The first-order valence-electron chi connectivity index (χ1n) is 5.85. The lowest BCUT2D eigenvalue weighted by Gasteiger charge is -2.21. The SMILES string of the molecule is CSc1ncc2c(n1)N1CCOCC(C1)OC2O. The second kappa shape index (κ2) is 5.00. The molecule has 7 heteroatoms. The van der Waals surface area contributed by atoms with Crippen LogP contribution in [0.4, 0.5) is 5.82 Å². The number of hydrogen-bond acceptors (Lipinski definition) is 7. The number of thioether (sulfide) groups is 1. The summed E-state index contributed by atoms with van der Waals surface area (Å²) in [4.78, 5) is 10.8. The maximum atomic E-state index is 10.1. The molecule has 2 aliphatic rings. The Bertz CT molecular complexity index is 446. The number of aliphatic hydroxyl groups excluding tert-OH is 1. The summed E-state index contributed by atoms with van der Waals surface area (Å²) in [6.45, 7) is 2.59. The number of anilines is 1. The van der Waals surface area contributed by atoms with Crippen molar-refractivity contribution < 1.29 is 14.6 Å². The Balaban J connectivity index is 2.03. The van der Waals surface area contributed by atoms with Gasteiger partial charge in [0.15, 0.2) is 11.4 Å². The topological polar surface area (TPSA) is 67.7 Å². The third-order valence-electron chi connectivity index (χ3n) is 3.08. The van der Waals surface area contributed by atoms with E-state index in [1.165, 1.54) is 11.8 Å². The average molecular weight is 269 g/mol. The molecule has 0 amide bonds. The van der Waals surface area contributed by atoms with E-state index >= 15 is 0 Å². The molecule has 3 rings (SSSR count). The Morgan fingerprint density at radius 1 is 1.56 bits per heavy atom. The highest BCUT2D eigenvalue weighted by Gasteiger charge is 2.31. The molecule has 0 saturated carbocycles. The largest absolute Gasteiger partial charge is 0.377 e. The summed E-state index contributed by atoms with van der Waals surface area (Å²) in [6, 6.07) is 0. The van der Waals surface area contributed by atoms with Gasteiger partial charge in [-0.1, -0.05) is 11.8 Å². The van der Waals surface area contributed by atoms with Crippen molar-refractivity contribution >= 4 is 17.6 Å². The van der Waals surface area contributed by atoms with Crippen LogP contribution in [0.1, 0.15) is 11.9 Å². The minimum atomic E-state index is -0.979. The fourth-order valence-electron chi connectivity index (χ4n) is 2.20. The quantitative estimate of drug-likeness (QED) is 0.585. The van der Waals surface area contributed by atoms with E-state index in [-0.39, 0.29) is 6.10 Å². The average Bonchev–Trinajstić information content (AvgIpc) is 2.69.